The lowest BCUT2D eigenvalue weighted by Crippen LogP contribution is -2.36. The Hall–Kier alpha value is -1.03. The fourth-order valence-corrected chi connectivity index (χ4v) is 2.10. The Bertz CT molecular complexity index is 379. The van der Waals surface area contributed by atoms with Crippen LogP contribution in [0.25, 0.3) is 0 Å². The van der Waals surface area contributed by atoms with Gasteiger partial charge in [0, 0.05) is 12.6 Å². The first-order valence-corrected chi connectivity index (χ1v) is 5.94. The fraction of sp³-hybridized carbons (Fsp3) is 0.538. The van der Waals surface area contributed by atoms with Crippen molar-refractivity contribution in [2.24, 2.45) is 5.92 Å². The molecule has 0 aliphatic heterocycles. The first kappa shape index (κ1) is 12.4. The second kappa shape index (κ2) is 5.08. The Kier molecular flexibility index (Phi) is 3.72. The molecule has 1 nitrogen and oxygen atoms in total. The van der Waals surface area contributed by atoms with Crippen molar-refractivity contribution in [1.29, 1.82) is 0 Å². The van der Waals surface area contributed by atoms with Gasteiger partial charge < -0.3 is 5.32 Å². The van der Waals surface area contributed by atoms with E-state index < -0.39 is 17.5 Å². The summed E-state index contributed by atoms with van der Waals surface area (Å²) < 4.78 is 38.6. The number of hydrogen-bond acceptors (Lipinski definition) is 1. The zero-order valence-electron chi connectivity index (χ0n) is 9.77. The van der Waals surface area contributed by atoms with Gasteiger partial charge in [-0.2, -0.15) is 0 Å². The van der Waals surface area contributed by atoms with Gasteiger partial charge in [-0.1, -0.05) is 6.42 Å². The van der Waals surface area contributed by atoms with Gasteiger partial charge >= 0.3 is 0 Å². The molecule has 0 saturated heterocycles. The molecule has 2 rings (SSSR count). The molecule has 0 amide bonds. The highest BCUT2D eigenvalue weighted by atomic mass is 19.2. The molecule has 1 aromatic rings. The van der Waals surface area contributed by atoms with Gasteiger partial charge in [-0.15, -0.1) is 0 Å². The Morgan fingerprint density at radius 3 is 2.29 bits per heavy atom. The third-order valence-corrected chi connectivity index (χ3v) is 3.53. The van der Waals surface area contributed by atoms with E-state index in [4.69, 9.17) is 0 Å². The lowest BCUT2D eigenvalue weighted by atomic mass is 9.80. The molecule has 0 radical (unpaired) electrons. The Morgan fingerprint density at radius 2 is 1.82 bits per heavy atom. The lowest BCUT2D eigenvalue weighted by Gasteiger charge is -2.32. The molecule has 1 aliphatic carbocycles. The Morgan fingerprint density at radius 1 is 1.24 bits per heavy atom. The first-order chi connectivity index (χ1) is 8.08. The van der Waals surface area contributed by atoms with Crippen LogP contribution in [0.15, 0.2) is 12.1 Å². The average Bonchev–Trinajstić information content (AvgIpc) is 2.20. The van der Waals surface area contributed by atoms with E-state index in [1.165, 1.54) is 19.3 Å². The first-order valence-electron chi connectivity index (χ1n) is 5.94. The number of benzene rings is 1. The maximum atomic E-state index is 13.0. The zero-order chi connectivity index (χ0) is 12.4. The van der Waals surface area contributed by atoms with E-state index >= 15 is 0 Å². The van der Waals surface area contributed by atoms with Crippen LogP contribution in [-0.4, -0.2) is 6.04 Å². The van der Waals surface area contributed by atoms with Crippen LogP contribution in [0.5, 0.6) is 0 Å². The van der Waals surface area contributed by atoms with E-state index in [0.717, 1.165) is 12.1 Å². The molecule has 1 unspecified atom stereocenters. The van der Waals surface area contributed by atoms with Crippen molar-refractivity contribution in [3.05, 3.63) is 35.1 Å². The second-order valence-corrected chi connectivity index (χ2v) is 4.73. The summed E-state index contributed by atoms with van der Waals surface area (Å²) in [6, 6.07) is 2.41. The molecule has 4 heteroatoms. The van der Waals surface area contributed by atoms with Crippen molar-refractivity contribution in [1.82, 2.24) is 5.32 Å². The summed E-state index contributed by atoms with van der Waals surface area (Å²) in [5.41, 5.74) is 0.438. The third kappa shape index (κ3) is 2.80. The van der Waals surface area contributed by atoms with Crippen LogP contribution in [0.3, 0.4) is 0 Å². The van der Waals surface area contributed by atoms with Crippen LogP contribution in [0.4, 0.5) is 13.2 Å². The maximum Gasteiger partial charge on any atom is 0.194 e. The second-order valence-electron chi connectivity index (χ2n) is 4.73. The predicted molar refractivity (Wildman–Crippen MR) is 60.0 cm³/mol. The molecule has 1 fully saturated rings. The molecule has 17 heavy (non-hydrogen) atoms. The SMILES string of the molecule is CC(NCc1cc(F)c(F)c(F)c1)C1CCC1. The van der Waals surface area contributed by atoms with E-state index in [9.17, 15) is 13.2 Å². The summed E-state index contributed by atoms with van der Waals surface area (Å²) in [6.07, 6.45) is 3.68. The van der Waals surface area contributed by atoms with Crippen molar-refractivity contribution in [3.63, 3.8) is 0 Å². The van der Waals surface area contributed by atoms with Crippen molar-refractivity contribution >= 4 is 0 Å². The number of hydrogen-bond donors (Lipinski definition) is 1. The van der Waals surface area contributed by atoms with Gasteiger partial charge in [-0.05, 0) is 43.4 Å². The topological polar surface area (TPSA) is 12.0 Å². The van der Waals surface area contributed by atoms with Gasteiger partial charge in [-0.25, -0.2) is 13.2 Å². The van der Waals surface area contributed by atoms with Crippen molar-refractivity contribution in [2.45, 2.75) is 38.8 Å². The third-order valence-electron chi connectivity index (χ3n) is 3.53. The van der Waals surface area contributed by atoms with Crippen molar-refractivity contribution in [3.8, 4) is 0 Å². The number of halogens is 3. The van der Waals surface area contributed by atoms with Gasteiger partial charge in [0.2, 0.25) is 0 Å². The smallest absolute Gasteiger partial charge is 0.194 e. The minimum absolute atomic E-state index is 0.333. The molecule has 1 saturated carbocycles. The highest BCUT2D eigenvalue weighted by molar-refractivity contribution is 5.19. The molecule has 0 aromatic heterocycles. The summed E-state index contributed by atoms with van der Waals surface area (Å²) in [7, 11) is 0. The molecule has 94 valence electrons. The minimum Gasteiger partial charge on any atom is -0.310 e. The highest BCUT2D eigenvalue weighted by Gasteiger charge is 2.23. The van der Waals surface area contributed by atoms with Crippen LogP contribution < -0.4 is 5.32 Å². The zero-order valence-corrected chi connectivity index (χ0v) is 9.77. The van der Waals surface area contributed by atoms with Gasteiger partial charge in [0.25, 0.3) is 0 Å². The van der Waals surface area contributed by atoms with Crippen molar-refractivity contribution in [2.75, 3.05) is 0 Å². The van der Waals surface area contributed by atoms with Crippen LogP contribution in [0, 0.1) is 23.4 Å². The van der Waals surface area contributed by atoms with E-state index in [1.54, 1.807) is 0 Å². The minimum atomic E-state index is -1.40. The van der Waals surface area contributed by atoms with Gasteiger partial charge in [0.05, 0.1) is 0 Å². The lowest BCUT2D eigenvalue weighted by molar-refractivity contribution is 0.240. The maximum absolute atomic E-state index is 13.0. The van der Waals surface area contributed by atoms with Crippen LogP contribution in [0.1, 0.15) is 31.7 Å². The molecular weight excluding hydrogens is 227 g/mol. The van der Waals surface area contributed by atoms with Crippen LogP contribution in [0.2, 0.25) is 0 Å². The van der Waals surface area contributed by atoms with Gasteiger partial charge in [0.15, 0.2) is 17.5 Å². The summed E-state index contributed by atoms with van der Waals surface area (Å²) in [6.45, 7) is 2.44. The molecule has 0 spiro atoms. The summed E-state index contributed by atoms with van der Waals surface area (Å²) in [5, 5.41) is 3.22. The molecule has 1 aliphatic rings. The monoisotopic (exact) mass is 243 g/mol. The van der Waals surface area contributed by atoms with E-state index in [2.05, 4.69) is 12.2 Å². The number of rotatable bonds is 4. The largest absolute Gasteiger partial charge is 0.310 e. The highest BCUT2D eigenvalue weighted by Crippen LogP contribution is 2.29. The molecule has 1 aromatic carbocycles. The van der Waals surface area contributed by atoms with Crippen molar-refractivity contribution < 1.29 is 13.2 Å². The van der Waals surface area contributed by atoms with E-state index in [-0.39, 0.29) is 0 Å². The molecule has 0 heterocycles. The van der Waals surface area contributed by atoms with E-state index in [0.29, 0.717) is 24.1 Å². The summed E-state index contributed by atoms with van der Waals surface area (Å²) in [5.74, 6) is -3.00. The molecular formula is C13H16F3N. The molecule has 0 bridgehead atoms. The van der Waals surface area contributed by atoms with Gasteiger partial charge in [-0.3, -0.25) is 0 Å². The van der Waals surface area contributed by atoms with E-state index in [1.807, 2.05) is 0 Å². The summed E-state index contributed by atoms with van der Waals surface area (Å²) >= 11 is 0. The van der Waals surface area contributed by atoms with Crippen LogP contribution >= 0.6 is 0 Å². The average molecular weight is 243 g/mol. The standard InChI is InChI=1S/C13H16F3N/c1-8(10-3-2-4-10)17-7-9-5-11(14)13(16)12(15)6-9/h5-6,8,10,17H,2-4,7H2,1H3. The van der Waals surface area contributed by atoms with Crippen LogP contribution in [-0.2, 0) is 6.54 Å². The fourth-order valence-electron chi connectivity index (χ4n) is 2.10. The summed E-state index contributed by atoms with van der Waals surface area (Å²) in [4.78, 5) is 0. The Balaban J connectivity index is 1.94. The Labute approximate surface area is 99.0 Å². The quantitative estimate of drug-likeness (QED) is 0.799. The van der Waals surface area contributed by atoms with Gasteiger partial charge in [0.1, 0.15) is 0 Å². The molecule has 1 atom stereocenters. The normalized spacial score (nSPS) is 17.9. The predicted octanol–water partition coefficient (Wildman–Crippen LogP) is 3.38. The number of nitrogens with one attached hydrogen (secondary N) is 1. The molecule has 1 N–H and O–H groups in total.